The molecule has 1 fully saturated rings. The van der Waals surface area contributed by atoms with E-state index >= 15 is 0 Å². The van der Waals surface area contributed by atoms with Gasteiger partial charge in [0.15, 0.2) is 11.9 Å². The van der Waals surface area contributed by atoms with Crippen molar-refractivity contribution in [3.05, 3.63) is 64.2 Å². The topological polar surface area (TPSA) is 137 Å². The molecule has 33 heavy (non-hydrogen) atoms. The summed E-state index contributed by atoms with van der Waals surface area (Å²) in [6.45, 7) is -0.319. The fourth-order valence-electron chi connectivity index (χ4n) is 3.36. The Hall–Kier alpha value is -3.37. The Balaban J connectivity index is 1.59. The second kappa shape index (κ2) is 11.0. The quantitative estimate of drug-likeness (QED) is 0.187. The summed E-state index contributed by atoms with van der Waals surface area (Å²) in [4.78, 5) is 26.7. The molecule has 2 amide bonds. The third kappa shape index (κ3) is 5.91. The molecule has 2 atom stereocenters. The van der Waals surface area contributed by atoms with Crippen molar-refractivity contribution in [2.45, 2.75) is 25.1 Å². The van der Waals surface area contributed by atoms with Crippen LogP contribution in [0.4, 0.5) is 4.39 Å². The number of ether oxygens (including phenoxy) is 1. The van der Waals surface area contributed by atoms with Crippen LogP contribution in [0.3, 0.4) is 0 Å². The molecule has 11 heteroatoms. The molecule has 1 aliphatic heterocycles. The van der Waals surface area contributed by atoms with Crippen LogP contribution in [-0.2, 0) is 16.1 Å². The Morgan fingerprint density at radius 3 is 2.64 bits per heavy atom. The molecule has 0 bridgehead atoms. The summed E-state index contributed by atoms with van der Waals surface area (Å²) in [6.07, 6.45) is -1.08. The van der Waals surface area contributed by atoms with E-state index in [9.17, 15) is 19.1 Å². The van der Waals surface area contributed by atoms with Gasteiger partial charge in [0.2, 0.25) is 5.91 Å². The first-order valence-corrected chi connectivity index (χ1v) is 10.5. The van der Waals surface area contributed by atoms with E-state index in [0.29, 0.717) is 18.5 Å². The number of aliphatic hydroxyl groups is 1. The summed E-state index contributed by atoms with van der Waals surface area (Å²) >= 11 is 6.02. The third-order valence-electron chi connectivity index (χ3n) is 5.22. The number of amidine groups is 1. The molecular formula is C22H24ClFN4O5. The van der Waals surface area contributed by atoms with E-state index in [1.165, 1.54) is 23.1 Å². The molecule has 2 aromatic rings. The third-order valence-corrected chi connectivity index (χ3v) is 5.44. The molecule has 176 valence electrons. The summed E-state index contributed by atoms with van der Waals surface area (Å²) in [5.74, 6) is -0.768. The fraction of sp³-hybridized carbons (Fsp3) is 0.318. The summed E-state index contributed by atoms with van der Waals surface area (Å²) in [5, 5.41) is 25.2. The lowest BCUT2D eigenvalue weighted by atomic mass is 9.98. The Kier molecular flexibility index (Phi) is 8.07. The van der Waals surface area contributed by atoms with Crippen LogP contribution in [0.5, 0.6) is 5.75 Å². The summed E-state index contributed by atoms with van der Waals surface area (Å²) in [7, 11) is 0. The number of likely N-dealkylation sites (tertiary alicyclic amines) is 1. The van der Waals surface area contributed by atoms with Crippen LogP contribution in [0.2, 0.25) is 5.02 Å². The first-order valence-electron chi connectivity index (χ1n) is 10.2. The van der Waals surface area contributed by atoms with Crippen molar-refractivity contribution in [1.29, 1.82) is 0 Å². The highest BCUT2D eigenvalue weighted by Crippen LogP contribution is 2.29. The second-order valence-electron chi connectivity index (χ2n) is 7.40. The van der Waals surface area contributed by atoms with E-state index < -0.39 is 24.7 Å². The number of hydrogen-bond donors (Lipinski definition) is 4. The maximum absolute atomic E-state index is 12.8. The average molecular weight is 479 g/mol. The van der Waals surface area contributed by atoms with Crippen LogP contribution < -0.4 is 15.8 Å². The number of nitrogens with one attached hydrogen (secondary N) is 1. The van der Waals surface area contributed by atoms with Crippen LogP contribution in [0.1, 0.15) is 29.2 Å². The smallest absolute Gasteiger partial charge is 0.256 e. The minimum atomic E-state index is -1.54. The van der Waals surface area contributed by atoms with Gasteiger partial charge in [0.1, 0.15) is 25.1 Å². The minimum absolute atomic E-state index is 0.0198. The predicted octanol–water partition coefficient (Wildman–Crippen LogP) is 1.73. The largest absolute Gasteiger partial charge is 0.491 e. The number of oxime groups is 1. The number of benzene rings is 2. The molecule has 0 aliphatic carbocycles. The molecule has 0 spiro atoms. The summed E-state index contributed by atoms with van der Waals surface area (Å²) in [5.41, 5.74) is 7.04. The molecule has 1 aliphatic rings. The maximum Gasteiger partial charge on any atom is 0.256 e. The lowest BCUT2D eigenvalue weighted by Gasteiger charge is -2.40. The first kappa shape index (κ1) is 24.3. The number of rotatable bonds is 9. The zero-order valence-corrected chi connectivity index (χ0v) is 18.3. The predicted molar refractivity (Wildman–Crippen MR) is 119 cm³/mol. The summed E-state index contributed by atoms with van der Waals surface area (Å²) in [6, 6.07) is 10.3. The number of halogens is 2. The van der Waals surface area contributed by atoms with Gasteiger partial charge in [0.05, 0.1) is 0 Å². The van der Waals surface area contributed by atoms with Crippen molar-refractivity contribution < 1.29 is 29.0 Å². The number of hydrogen-bond acceptors (Lipinski definition) is 6. The number of nitrogens with two attached hydrogens (primary N) is 1. The Labute approximate surface area is 194 Å². The van der Waals surface area contributed by atoms with Crippen molar-refractivity contribution in [2.75, 3.05) is 19.8 Å². The van der Waals surface area contributed by atoms with Crippen LogP contribution >= 0.6 is 11.6 Å². The molecule has 0 aromatic heterocycles. The Bertz CT molecular complexity index is 1030. The second-order valence-corrected chi connectivity index (χ2v) is 7.83. The van der Waals surface area contributed by atoms with E-state index in [4.69, 9.17) is 27.3 Å². The Morgan fingerprint density at radius 2 is 2.03 bits per heavy atom. The molecule has 0 saturated carbocycles. The zero-order chi connectivity index (χ0) is 24.0. The van der Waals surface area contributed by atoms with Crippen molar-refractivity contribution in [3.8, 4) is 5.75 Å². The number of carbonyl (C=O) groups excluding carboxylic acids is 2. The maximum atomic E-state index is 12.8. The van der Waals surface area contributed by atoms with Gasteiger partial charge < -0.3 is 31.0 Å². The van der Waals surface area contributed by atoms with Crippen molar-refractivity contribution in [1.82, 2.24) is 10.2 Å². The van der Waals surface area contributed by atoms with Crippen LogP contribution in [-0.4, -0.2) is 58.7 Å². The normalized spacial score (nSPS) is 16.6. The number of nitrogens with zero attached hydrogens (tertiary/aromatic N) is 2. The SMILES string of the molecule is N/C(=N\O)c1ccc(CNC(=O)[C@@H]2CCN2C(=O)[C@H](O)c2cc(Cl)cc(OCCF)c2)cc1. The van der Waals surface area contributed by atoms with Crippen molar-refractivity contribution >= 4 is 29.3 Å². The minimum Gasteiger partial charge on any atom is -0.491 e. The highest BCUT2D eigenvalue weighted by atomic mass is 35.5. The average Bonchev–Trinajstić information content (AvgIpc) is 2.79. The van der Waals surface area contributed by atoms with Crippen LogP contribution in [0.25, 0.3) is 0 Å². The summed E-state index contributed by atoms with van der Waals surface area (Å²) < 4.78 is 17.5. The van der Waals surface area contributed by atoms with Gasteiger partial charge in [0, 0.05) is 23.7 Å². The molecule has 5 N–H and O–H groups in total. The van der Waals surface area contributed by atoms with E-state index in [1.54, 1.807) is 24.3 Å². The van der Waals surface area contributed by atoms with Crippen LogP contribution in [0, 0.1) is 0 Å². The molecule has 9 nitrogen and oxygen atoms in total. The number of alkyl halides is 1. The lowest BCUT2D eigenvalue weighted by molar-refractivity contribution is -0.154. The molecule has 1 saturated heterocycles. The number of amides is 2. The number of aliphatic hydroxyl groups excluding tert-OH is 1. The fourth-order valence-corrected chi connectivity index (χ4v) is 3.60. The van der Waals surface area contributed by atoms with Gasteiger partial charge in [-0.05, 0) is 35.7 Å². The molecule has 0 radical (unpaired) electrons. The highest BCUT2D eigenvalue weighted by molar-refractivity contribution is 6.30. The van der Waals surface area contributed by atoms with Gasteiger partial charge in [-0.1, -0.05) is 41.0 Å². The van der Waals surface area contributed by atoms with E-state index in [-0.39, 0.29) is 41.2 Å². The highest BCUT2D eigenvalue weighted by Gasteiger charge is 2.40. The van der Waals surface area contributed by atoms with Gasteiger partial charge in [0.25, 0.3) is 5.91 Å². The van der Waals surface area contributed by atoms with E-state index in [1.807, 2.05) is 0 Å². The zero-order valence-electron chi connectivity index (χ0n) is 17.6. The van der Waals surface area contributed by atoms with Gasteiger partial charge in [-0.15, -0.1) is 0 Å². The van der Waals surface area contributed by atoms with E-state index in [2.05, 4.69) is 10.5 Å². The molecule has 1 heterocycles. The van der Waals surface area contributed by atoms with Crippen molar-refractivity contribution in [2.24, 2.45) is 10.9 Å². The molecule has 2 aromatic carbocycles. The molecule has 0 unspecified atom stereocenters. The van der Waals surface area contributed by atoms with Gasteiger partial charge in [-0.2, -0.15) is 0 Å². The first-order chi connectivity index (χ1) is 15.8. The number of carbonyl (C=O) groups is 2. The van der Waals surface area contributed by atoms with Gasteiger partial charge in [-0.3, -0.25) is 9.59 Å². The van der Waals surface area contributed by atoms with Crippen LogP contribution in [0.15, 0.2) is 47.6 Å². The molecule has 3 rings (SSSR count). The monoisotopic (exact) mass is 478 g/mol. The van der Waals surface area contributed by atoms with Crippen molar-refractivity contribution in [3.63, 3.8) is 0 Å². The molecular weight excluding hydrogens is 455 g/mol. The van der Waals surface area contributed by atoms with Gasteiger partial charge >= 0.3 is 0 Å². The lowest BCUT2D eigenvalue weighted by Crippen LogP contribution is -2.59. The Morgan fingerprint density at radius 1 is 1.30 bits per heavy atom. The standard InChI is InChI=1S/C22H24ClFN4O5/c23-16-9-15(10-17(11-16)33-8-6-24)19(29)22(31)28-7-5-18(28)21(30)26-12-13-1-3-14(4-2-13)20(25)27-32/h1-4,9-11,18-19,29,32H,5-8,12H2,(H2,25,27)(H,26,30)/t18-,19+/m0/s1. The van der Waals surface area contributed by atoms with Gasteiger partial charge in [-0.25, -0.2) is 4.39 Å². The van der Waals surface area contributed by atoms with E-state index in [0.717, 1.165) is 5.56 Å².